The van der Waals surface area contributed by atoms with Crippen LogP contribution in [0, 0.1) is 0 Å². The van der Waals surface area contributed by atoms with Crippen LogP contribution in [0.4, 0.5) is 0 Å². The maximum atomic E-state index is 12.0. The van der Waals surface area contributed by atoms with E-state index in [0.29, 0.717) is 13.0 Å². The standard InChI is InChI=1S/C18H23N5O/c1-13(2)23-12-21-22-17(23)11-20-18(24)9-5-6-14-10-19-16-8-4-3-7-15(14)16/h3-4,7-8,10,12-13,19H,5-6,9,11H2,1-2H3,(H,20,24). The van der Waals surface area contributed by atoms with Crippen molar-refractivity contribution in [3.05, 3.63) is 48.2 Å². The molecule has 0 fully saturated rings. The topological polar surface area (TPSA) is 75.6 Å². The second-order valence-electron chi connectivity index (χ2n) is 6.24. The normalized spacial score (nSPS) is 11.3. The molecule has 6 heteroatoms. The summed E-state index contributed by atoms with van der Waals surface area (Å²) < 4.78 is 1.96. The van der Waals surface area contributed by atoms with Gasteiger partial charge in [0.15, 0.2) is 5.82 Å². The molecule has 24 heavy (non-hydrogen) atoms. The van der Waals surface area contributed by atoms with Crippen molar-refractivity contribution in [2.45, 2.75) is 45.7 Å². The fraction of sp³-hybridized carbons (Fsp3) is 0.389. The first-order valence-corrected chi connectivity index (χ1v) is 8.35. The minimum absolute atomic E-state index is 0.0492. The zero-order valence-electron chi connectivity index (χ0n) is 14.1. The van der Waals surface area contributed by atoms with Crippen LogP contribution < -0.4 is 5.32 Å². The summed E-state index contributed by atoms with van der Waals surface area (Å²) in [6.45, 7) is 4.55. The third kappa shape index (κ3) is 3.64. The summed E-state index contributed by atoms with van der Waals surface area (Å²) in [6, 6.07) is 8.52. The van der Waals surface area contributed by atoms with E-state index in [4.69, 9.17) is 0 Å². The molecule has 6 nitrogen and oxygen atoms in total. The zero-order valence-corrected chi connectivity index (χ0v) is 14.1. The number of para-hydroxylation sites is 1. The predicted molar refractivity (Wildman–Crippen MR) is 93.5 cm³/mol. The van der Waals surface area contributed by atoms with Crippen LogP contribution in [-0.2, 0) is 17.8 Å². The van der Waals surface area contributed by atoms with E-state index in [9.17, 15) is 4.79 Å². The van der Waals surface area contributed by atoms with Crippen molar-refractivity contribution in [2.75, 3.05) is 0 Å². The molecule has 0 radical (unpaired) electrons. The van der Waals surface area contributed by atoms with Gasteiger partial charge in [0.1, 0.15) is 6.33 Å². The number of aromatic amines is 1. The van der Waals surface area contributed by atoms with Gasteiger partial charge in [-0.15, -0.1) is 10.2 Å². The number of carbonyl (C=O) groups excluding carboxylic acids is 1. The van der Waals surface area contributed by atoms with Crippen molar-refractivity contribution in [1.29, 1.82) is 0 Å². The SMILES string of the molecule is CC(C)n1cnnc1CNC(=O)CCCc1c[nH]c2ccccc12. The number of rotatable bonds is 7. The minimum Gasteiger partial charge on any atom is -0.361 e. The van der Waals surface area contributed by atoms with Gasteiger partial charge in [0.25, 0.3) is 0 Å². The summed E-state index contributed by atoms with van der Waals surface area (Å²) in [6.07, 6.45) is 5.95. The molecule has 0 atom stereocenters. The number of aromatic nitrogens is 4. The Hall–Kier alpha value is -2.63. The van der Waals surface area contributed by atoms with Crippen molar-refractivity contribution >= 4 is 16.8 Å². The number of nitrogens with one attached hydrogen (secondary N) is 2. The predicted octanol–water partition coefficient (Wildman–Crippen LogP) is 2.98. The Kier molecular flexibility index (Phi) is 4.93. The van der Waals surface area contributed by atoms with Crippen LogP contribution in [-0.4, -0.2) is 25.7 Å². The van der Waals surface area contributed by atoms with E-state index in [-0.39, 0.29) is 11.9 Å². The maximum Gasteiger partial charge on any atom is 0.220 e. The highest BCUT2D eigenvalue weighted by Gasteiger charge is 2.09. The number of aryl methyl sites for hydroxylation is 1. The highest BCUT2D eigenvalue weighted by atomic mass is 16.1. The van der Waals surface area contributed by atoms with E-state index in [2.05, 4.69) is 46.5 Å². The van der Waals surface area contributed by atoms with Gasteiger partial charge in [-0.25, -0.2) is 0 Å². The molecule has 2 N–H and O–H groups in total. The highest BCUT2D eigenvalue weighted by Crippen LogP contribution is 2.19. The fourth-order valence-electron chi connectivity index (χ4n) is 2.87. The Balaban J connectivity index is 1.47. The van der Waals surface area contributed by atoms with E-state index >= 15 is 0 Å². The van der Waals surface area contributed by atoms with E-state index in [0.717, 1.165) is 24.2 Å². The summed E-state index contributed by atoms with van der Waals surface area (Å²) in [4.78, 5) is 15.3. The molecule has 0 saturated heterocycles. The molecule has 1 amide bonds. The number of H-pyrrole nitrogens is 1. The monoisotopic (exact) mass is 325 g/mol. The number of nitrogens with zero attached hydrogens (tertiary/aromatic N) is 3. The Morgan fingerprint density at radius 3 is 3.00 bits per heavy atom. The molecular formula is C18H23N5O. The molecule has 2 heterocycles. The molecule has 3 rings (SSSR count). The van der Waals surface area contributed by atoms with Gasteiger partial charge in [0.05, 0.1) is 6.54 Å². The Morgan fingerprint density at radius 2 is 2.17 bits per heavy atom. The molecule has 0 aliphatic rings. The number of amides is 1. The third-order valence-electron chi connectivity index (χ3n) is 4.17. The van der Waals surface area contributed by atoms with Crippen molar-refractivity contribution in [3.63, 3.8) is 0 Å². The maximum absolute atomic E-state index is 12.0. The average Bonchev–Trinajstić information content (AvgIpc) is 3.20. The average molecular weight is 325 g/mol. The van der Waals surface area contributed by atoms with Gasteiger partial charge in [0.2, 0.25) is 5.91 Å². The molecule has 0 bridgehead atoms. The number of hydrogen-bond acceptors (Lipinski definition) is 3. The van der Waals surface area contributed by atoms with E-state index in [1.165, 1.54) is 10.9 Å². The summed E-state index contributed by atoms with van der Waals surface area (Å²) in [5, 5.41) is 12.1. The third-order valence-corrected chi connectivity index (χ3v) is 4.17. The van der Waals surface area contributed by atoms with Crippen molar-refractivity contribution < 1.29 is 4.79 Å². The summed E-state index contributed by atoms with van der Waals surface area (Å²) in [5.74, 6) is 0.836. The number of fused-ring (bicyclic) bond motifs is 1. The van der Waals surface area contributed by atoms with Gasteiger partial charge in [-0.3, -0.25) is 4.79 Å². The van der Waals surface area contributed by atoms with E-state index in [1.54, 1.807) is 6.33 Å². The molecule has 1 aromatic carbocycles. The van der Waals surface area contributed by atoms with Gasteiger partial charge < -0.3 is 14.9 Å². The van der Waals surface area contributed by atoms with Crippen LogP contribution in [0.25, 0.3) is 10.9 Å². The van der Waals surface area contributed by atoms with Crippen molar-refractivity contribution in [1.82, 2.24) is 25.1 Å². The molecule has 0 spiro atoms. The second-order valence-corrected chi connectivity index (χ2v) is 6.24. The van der Waals surface area contributed by atoms with Crippen LogP contribution in [0.1, 0.15) is 44.1 Å². The summed E-state index contributed by atoms with van der Waals surface area (Å²) in [7, 11) is 0. The first kappa shape index (κ1) is 16.2. The zero-order chi connectivity index (χ0) is 16.9. The van der Waals surface area contributed by atoms with Crippen LogP contribution in [0.3, 0.4) is 0 Å². The summed E-state index contributed by atoms with van der Waals surface area (Å²) in [5.41, 5.74) is 2.41. The van der Waals surface area contributed by atoms with Crippen LogP contribution >= 0.6 is 0 Å². The van der Waals surface area contributed by atoms with Crippen LogP contribution in [0.5, 0.6) is 0 Å². The van der Waals surface area contributed by atoms with E-state index < -0.39 is 0 Å². The molecule has 0 aliphatic heterocycles. The molecule has 3 aromatic rings. The van der Waals surface area contributed by atoms with Gasteiger partial charge >= 0.3 is 0 Å². The Bertz CT molecular complexity index is 818. The number of hydrogen-bond donors (Lipinski definition) is 2. The Labute approximate surface area is 141 Å². The number of carbonyl (C=O) groups is 1. The van der Waals surface area contributed by atoms with E-state index in [1.807, 2.05) is 22.9 Å². The minimum atomic E-state index is 0.0492. The lowest BCUT2D eigenvalue weighted by Crippen LogP contribution is -2.24. The van der Waals surface area contributed by atoms with Crippen molar-refractivity contribution in [2.24, 2.45) is 0 Å². The Morgan fingerprint density at radius 1 is 1.33 bits per heavy atom. The van der Waals surface area contributed by atoms with Crippen LogP contribution in [0.2, 0.25) is 0 Å². The number of benzene rings is 1. The van der Waals surface area contributed by atoms with Gasteiger partial charge in [-0.2, -0.15) is 0 Å². The molecule has 0 unspecified atom stereocenters. The lowest BCUT2D eigenvalue weighted by molar-refractivity contribution is -0.121. The second kappa shape index (κ2) is 7.29. The first-order valence-electron chi connectivity index (χ1n) is 8.35. The van der Waals surface area contributed by atoms with Crippen molar-refractivity contribution in [3.8, 4) is 0 Å². The molecule has 0 aliphatic carbocycles. The summed E-state index contributed by atoms with van der Waals surface area (Å²) >= 11 is 0. The van der Waals surface area contributed by atoms with Gasteiger partial charge in [0, 0.05) is 29.6 Å². The molecule has 126 valence electrons. The molecule has 0 saturated carbocycles. The van der Waals surface area contributed by atoms with Crippen LogP contribution in [0.15, 0.2) is 36.8 Å². The highest BCUT2D eigenvalue weighted by molar-refractivity contribution is 5.83. The lowest BCUT2D eigenvalue weighted by Gasteiger charge is -2.10. The quantitative estimate of drug-likeness (QED) is 0.701. The first-order chi connectivity index (χ1) is 11.6. The largest absolute Gasteiger partial charge is 0.361 e. The fourth-order valence-corrected chi connectivity index (χ4v) is 2.87. The lowest BCUT2D eigenvalue weighted by atomic mass is 10.1. The van der Waals surface area contributed by atoms with Gasteiger partial charge in [-0.05, 0) is 38.3 Å². The molecule has 2 aromatic heterocycles. The van der Waals surface area contributed by atoms with Gasteiger partial charge in [-0.1, -0.05) is 18.2 Å². The smallest absolute Gasteiger partial charge is 0.220 e. The molecular weight excluding hydrogens is 302 g/mol.